The SMILES string of the molecule is C=C(F)C(=O)N1CC2(CCN([C@H](C(=O)N[C@H]3Cc4nc(cs4)-c4cc5c6c(c4)c(c(-c4cc(N7CCOCC7)cnc4[C@H](C)OC)n6CCC5)CC(C)(C)COC(=O)[C@@H]4CCCN(N4)C3=O)C(C)C)C2=O)C1. The Labute approximate surface area is 423 Å². The van der Waals surface area contributed by atoms with E-state index in [2.05, 4.69) is 58.8 Å². The number of nitrogens with one attached hydrogen (secondary N) is 2. The van der Waals surface area contributed by atoms with Crippen molar-refractivity contribution in [2.75, 3.05) is 71.1 Å². The number of hydrazine groups is 1. The van der Waals surface area contributed by atoms with Gasteiger partial charge in [0.15, 0.2) is 5.83 Å². The molecule has 2 N–H and O–H groups in total. The van der Waals surface area contributed by atoms with Crippen LogP contribution in [0.15, 0.2) is 42.2 Å². The van der Waals surface area contributed by atoms with Gasteiger partial charge in [0.2, 0.25) is 11.8 Å². The first-order valence-electron chi connectivity index (χ1n) is 25.4. The number of hydrogen-bond acceptors (Lipinski definition) is 13. The molecule has 4 saturated heterocycles. The maximum Gasteiger partial charge on any atom is 0.324 e. The van der Waals surface area contributed by atoms with Crippen molar-refractivity contribution in [2.24, 2.45) is 16.7 Å². The molecule has 1 spiro atoms. The summed E-state index contributed by atoms with van der Waals surface area (Å²) in [6.45, 7) is 17.4. The first-order valence-corrected chi connectivity index (χ1v) is 26.3. The highest BCUT2D eigenvalue weighted by atomic mass is 32.1. The number of esters is 1. The molecule has 4 amide bonds. The molecule has 0 radical (unpaired) electrons. The molecule has 17 nitrogen and oxygen atoms in total. The molecule has 0 unspecified atom stereocenters. The second kappa shape index (κ2) is 19.6. The van der Waals surface area contributed by atoms with Crippen molar-refractivity contribution < 1.29 is 42.6 Å². The zero-order valence-corrected chi connectivity index (χ0v) is 43.0. The Morgan fingerprint density at radius 1 is 1.04 bits per heavy atom. The van der Waals surface area contributed by atoms with Crippen LogP contribution in [0.2, 0.25) is 0 Å². The second-order valence-corrected chi connectivity index (χ2v) is 22.6. The summed E-state index contributed by atoms with van der Waals surface area (Å²) in [6, 6.07) is 3.86. The predicted molar refractivity (Wildman–Crippen MR) is 269 cm³/mol. The standard InChI is InChI=1S/C53H66FN9O8S/c1-30(2)44(62-15-12-53(51(62)68)27-60(28-53)48(65)31(3)54)47(64)57-40-23-42-56-41(26-72-42)34-20-33-10-8-13-61-45(33)36(21-34)38(24-52(5,6)29-71-50(67)39-11-9-14-63(58-39)49(40)66)46(61)37-22-35(59-16-18-70-19-17-59)25-55-43(37)32(4)69-7/h20-22,25-26,30,32,39-40,44,58H,3,8-19,23-24,27-29H2,1-2,4-7H3,(H,57,64)/t32-,39-,40-,44-/m0/s1. The van der Waals surface area contributed by atoms with E-state index in [9.17, 15) is 28.4 Å². The number of aromatic nitrogens is 3. The van der Waals surface area contributed by atoms with Gasteiger partial charge in [-0.2, -0.15) is 0 Å². The van der Waals surface area contributed by atoms with Crippen LogP contribution in [0.3, 0.4) is 0 Å². The largest absolute Gasteiger partial charge is 0.464 e. The summed E-state index contributed by atoms with van der Waals surface area (Å²) < 4.78 is 34.1. The van der Waals surface area contributed by atoms with E-state index < -0.39 is 58.5 Å². The number of carbonyl (C=O) groups is 5. The monoisotopic (exact) mass is 1010 g/mol. The maximum absolute atomic E-state index is 14.8. The number of rotatable bonds is 9. The lowest BCUT2D eigenvalue weighted by Crippen LogP contribution is -2.64. The van der Waals surface area contributed by atoms with E-state index in [0.29, 0.717) is 50.4 Å². The minimum atomic E-state index is -1.12. The number of carbonyl (C=O) groups excluding carboxylic acids is 5. The van der Waals surface area contributed by atoms with Gasteiger partial charge in [-0.25, -0.2) is 14.8 Å². The Hall–Kier alpha value is -5.76. The van der Waals surface area contributed by atoms with Gasteiger partial charge in [0.25, 0.3) is 11.8 Å². The van der Waals surface area contributed by atoms with Gasteiger partial charge in [-0.05, 0) is 80.7 Å². The van der Waals surface area contributed by atoms with Gasteiger partial charge in [0.05, 0.1) is 70.8 Å². The number of hydrogen-bond donors (Lipinski definition) is 2. The lowest BCUT2D eigenvalue weighted by molar-refractivity contribution is -0.156. The molecular formula is C53H66FN9O8S. The number of likely N-dealkylation sites (tertiary alicyclic amines) is 2. The molecule has 4 atom stereocenters. The quantitative estimate of drug-likeness (QED) is 0.158. The molecule has 384 valence electrons. The Morgan fingerprint density at radius 3 is 2.56 bits per heavy atom. The highest BCUT2D eigenvalue weighted by molar-refractivity contribution is 7.10. The molecule has 9 heterocycles. The summed E-state index contributed by atoms with van der Waals surface area (Å²) in [5, 5.41) is 8.18. The van der Waals surface area contributed by atoms with E-state index in [-0.39, 0.29) is 50.6 Å². The molecule has 0 aliphatic carbocycles. The molecule has 6 aliphatic rings. The van der Waals surface area contributed by atoms with Gasteiger partial charge in [0.1, 0.15) is 18.1 Å². The third-order valence-electron chi connectivity index (χ3n) is 15.6. The average molecular weight is 1010 g/mol. The number of halogens is 1. The number of amides is 4. The molecule has 3 aromatic heterocycles. The van der Waals surface area contributed by atoms with Crippen LogP contribution in [-0.4, -0.2) is 143 Å². The summed E-state index contributed by atoms with van der Waals surface area (Å²) in [7, 11) is 1.71. The molecule has 1 aromatic carbocycles. The van der Waals surface area contributed by atoms with E-state index in [0.717, 1.165) is 82.8 Å². The fourth-order valence-corrected chi connectivity index (χ4v) is 12.6. The highest BCUT2D eigenvalue weighted by Crippen LogP contribution is 2.46. The van der Waals surface area contributed by atoms with Crippen LogP contribution in [0.25, 0.3) is 33.4 Å². The highest BCUT2D eigenvalue weighted by Gasteiger charge is 2.58. The average Bonchev–Trinajstić information content (AvgIpc) is 4.06. The number of cyclic esters (lactones) is 1. The molecule has 0 saturated carbocycles. The van der Waals surface area contributed by atoms with Crippen LogP contribution in [-0.2, 0) is 64.0 Å². The number of pyridine rings is 1. The van der Waals surface area contributed by atoms with Gasteiger partial charge in [0, 0.05) is 86.7 Å². The molecule has 4 aromatic rings. The maximum atomic E-state index is 14.8. The van der Waals surface area contributed by atoms with E-state index in [1.807, 2.05) is 32.3 Å². The number of morpholine rings is 1. The number of anilines is 1. The number of methoxy groups -OCH3 is 1. The molecule has 6 aliphatic heterocycles. The van der Waals surface area contributed by atoms with Crippen LogP contribution in [0, 0.1) is 16.7 Å². The van der Waals surface area contributed by atoms with Crippen LogP contribution >= 0.6 is 11.3 Å². The van der Waals surface area contributed by atoms with Gasteiger partial charge >= 0.3 is 5.97 Å². The molecule has 4 fully saturated rings. The summed E-state index contributed by atoms with van der Waals surface area (Å²) in [5.41, 5.74) is 10.8. The third kappa shape index (κ3) is 9.19. The third-order valence-corrected chi connectivity index (χ3v) is 16.4. The number of fused-ring (bicyclic) bond motifs is 6. The van der Waals surface area contributed by atoms with Gasteiger partial charge in [-0.15, -0.1) is 11.3 Å². The Morgan fingerprint density at radius 2 is 1.82 bits per heavy atom. The minimum absolute atomic E-state index is 0.0454. The zero-order valence-electron chi connectivity index (χ0n) is 42.2. The van der Waals surface area contributed by atoms with E-state index in [1.165, 1.54) is 31.7 Å². The van der Waals surface area contributed by atoms with Gasteiger partial charge in [-0.3, -0.25) is 34.0 Å². The molecule has 19 heteroatoms. The Balaban J connectivity index is 1.03. The number of thiazole rings is 1. The molecular weight excluding hydrogens is 942 g/mol. The fraction of sp³-hybridized carbons (Fsp3) is 0.566. The van der Waals surface area contributed by atoms with Crippen molar-refractivity contribution in [1.82, 2.24) is 40.1 Å². The number of ether oxygens (including phenoxy) is 3. The molecule has 6 bridgehead atoms. The first kappa shape index (κ1) is 49.8. The Bertz CT molecular complexity index is 2830. The summed E-state index contributed by atoms with van der Waals surface area (Å²) in [5.74, 6) is -3.96. The van der Waals surface area contributed by atoms with Crippen molar-refractivity contribution in [2.45, 2.75) is 110 Å². The predicted octanol–water partition coefficient (Wildman–Crippen LogP) is 5.53. The van der Waals surface area contributed by atoms with Crippen molar-refractivity contribution in [3.63, 3.8) is 0 Å². The summed E-state index contributed by atoms with van der Waals surface area (Å²) in [6.07, 6.45) is 5.43. The smallest absolute Gasteiger partial charge is 0.324 e. The second-order valence-electron chi connectivity index (χ2n) is 21.7. The zero-order chi connectivity index (χ0) is 50.8. The van der Waals surface area contributed by atoms with Crippen molar-refractivity contribution >= 4 is 57.5 Å². The van der Waals surface area contributed by atoms with Gasteiger partial charge < -0.3 is 38.8 Å². The number of benzene rings is 1. The summed E-state index contributed by atoms with van der Waals surface area (Å²) >= 11 is 1.41. The molecule has 10 rings (SSSR count). The number of nitrogens with zero attached hydrogens (tertiary/aromatic N) is 7. The van der Waals surface area contributed by atoms with Crippen molar-refractivity contribution in [3.05, 3.63) is 64.0 Å². The van der Waals surface area contributed by atoms with Crippen molar-refractivity contribution in [3.8, 4) is 22.5 Å². The topological polar surface area (TPSA) is 181 Å². The normalized spacial score (nSPS) is 23.0. The minimum Gasteiger partial charge on any atom is -0.464 e. The van der Waals surface area contributed by atoms with Crippen LogP contribution in [0.5, 0.6) is 0 Å². The van der Waals surface area contributed by atoms with Gasteiger partial charge in [-0.1, -0.05) is 34.3 Å². The fourth-order valence-electron chi connectivity index (χ4n) is 11.8. The first-order chi connectivity index (χ1) is 34.5. The van der Waals surface area contributed by atoms with Crippen LogP contribution in [0.4, 0.5) is 10.1 Å². The summed E-state index contributed by atoms with van der Waals surface area (Å²) in [4.78, 5) is 85.3. The lowest BCUT2D eigenvalue weighted by atomic mass is 9.78. The van der Waals surface area contributed by atoms with Crippen LogP contribution < -0.4 is 15.6 Å². The molecule has 72 heavy (non-hydrogen) atoms. The Kier molecular flexibility index (Phi) is 13.5. The van der Waals surface area contributed by atoms with E-state index >= 15 is 0 Å². The lowest BCUT2D eigenvalue weighted by Gasteiger charge is -2.46. The number of aryl methyl sites for hydroxylation is 2. The van der Waals surface area contributed by atoms with Crippen molar-refractivity contribution in [1.29, 1.82) is 0 Å². The van der Waals surface area contributed by atoms with E-state index in [1.54, 1.807) is 7.11 Å². The van der Waals surface area contributed by atoms with E-state index in [4.69, 9.17) is 24.2 Å². The van der Waals surface area contributed by atoms with Crippen LogP contribution in [0.1, 0.15) is 88.2 Å².